The Morgan fingerprint density at radius 1 is 1.62 bits per heavy atom. The van der Waals surface area contributed by atoms with Gasteiger partial charge in [0.15, 0.2) is 0 Å². The molecule has 3 N–H and O–H groups in total. The van der Waals surface area contributed by atoms with E-state index in [4.69, 9.17) is 5.73 Å². The molecule has 1 aromatic rings. The van der Waals surface area contributed by atoms with Gasteiger partial charge in [-0.15, -0.1) is 0 Å². The summed E-state index contributed by atoms with van der Waals surface area (Å²) >= 11 is 0. The normalized spacial score (nSPS) is 11.2. The Labute approximate surface area is 94.0 Å². The van der Waals surface area contributed by atoms with Crippen molar-refractivity contribution in [2.24, 2.45) is 5.73 Å². The maximum atomic E-state index is 10.6. The molecule has 0 aliphatic heterocycles. The Balaban J connectivity index is 2.94. The number of aromatic nitrogens is 1. The second-order valence-electron chi connectivity index (χ2n) is 4.33. The number of nitrogens with two attached hydrogens (primary N) is 1. The summed E-state index contributed by atoms with van der Waals surface area (Å²) in [7, 11) is 0. The standard InChI is InChI=1S/C10H16N4O2/c1-7-4-9(13-10(2,3)6-11)12-5-8(7)14(15)16/h4-5H,6,11H2,1-3H3,(H,12,13). The lowest BCUT2D eigenvalue weighted by Crippen LogP contribution is -2.39. The SMILES string of the molecule is Cc1cc(NC(C)(C)CN)ncc1[N+](=O)[O-]. The van der Waals surface area contributed by atoms with Crippen molar-refractivity contribution in [2.45, 2.75) is 26.3 Å². The van der Waals surface area contributed by atoms with Crippen LogP contribution in [0.3, 0.4) is 0 Å². The second kappa shape index (κ2) is 4.44. The van der Waals surface area contributed by atoms with Crippen LogP contribution in [0.25, 0.3) is 0 Å². The van der Waals surface area contributed by atoms with Crippen LogP contribution in [0.15, 0.2) is 12.3 Å². The molecule has 1 aromatic heterocycles. The van der Waals surface area contributed by atoms with Crippen LogP contribution in [0, 0.1) is 17.0 Å². The van der Waals surface area contributed by atoms with Gasteiger partial charge in [0, 0.05) is 17.6 Å². The molecule has 0 radical (unpaired) electrons. The van der Waals surface area contributed by atoms with Gasteiger partial charge in [-0.25, -0.2) is 4.98 Å². The molecule has 1 rings (SSSR count). The molecular formula is C10H16N4O2. The molecule has 16 heavy (non-hydrogen) atoms. The van der Waals surface area contributed by atoms with E-state index >= 15 is 0 Å². The minimum absolute atomic E-state index is 0.0242. The van der Waals surface area contributed by atoms with Crippen molar-refractivity contribution in [3.8, 4) is 0 Å². The van der Waals surface area contributed by atoms with E-state index in [-0.39, 0.29) is 11.2 Å². The first kappa shape index (κ1) is 12.4. The third-order valence-corrected chi connectivity index (χ3v) is 2.26. The third kappa shape index (κ3) is 2.90. The molecular weight excluding hydrogens is 208 g/mol. The molecule has 0 atom stereocenters. The molecule has 6 nitrogen and oxygen atoms in total. The van der Waals surface area contributed by atoms with Gasteiger partial charge in [0.2, 0.25) is 0 Å². The van der Waals surface area contributed by atoms with Crippen LogP contribution < -0.4 is 11.1 Å². The lowest BCUT2D eigenvalue weighted by atomic mass is 10.1. The average molecular weight is 224 g/mol. The average Bonchev–Trinajstić information content (AvgIpc) is 2.16. The molecule has 0 spiro atoms. The predicted molar refractivity (Wildman–Crippen MR) is 62.4 cm³/mol. The largest absolute Gasteiger partial charge is 0.364 e. The highest BCUT2D eigenvalue weighted by molar-refractivity contribution is 5.48. The summed E-state index contributed by atoms with van der Waals surface area (Å²) in [5.41, 5.74) is 5.89. The van der Waals surface area contributed by atoms with Crippen molar-refractivity contribution in [3.05, 3.63) is 27.9 Å². The Bertz CT molecular complexity index is 404. The predicted octanol–water partition coefficient (Wildman–Crippen LogP) is 1.45. The number of pyridine rings is 1. The highest BCUT2D eigenvalue weighted by atomic mass is 16.6. The summed E-state index contributed by atoms with van der Waals surface area (Å²) in [5, 5.41) is 13.7. The van der Waals surface area contributed by atoms with E-state index in [0.717, 1.165) is 0 Å². The van der Waals surface area contributed by atoms with Crippen LogP contribution in [-0.4, -0.2) is 22.0 Å². The van der Waals surface area contributed by atoms with Gasteiger partial charge in [-0.1, -0.05) is 0 Å². The van der Waals surface area contributed by atoms with Crippen LogP contribution in [0.4, 0.5) is 11.5 Å². The van der Waals surface area contributed by atoms with Crippen molar-refractivity contribution in [1.29, 1.82) is 0 Å². The molecule has 0 aliphatic rings. The lowest BCUT2D eigenvalue weighted by Gasteiger charge is -2.24. The number of hydrogen-bond donors (Lipinski definition) is 2. The highest BCUT2D eigenvalue weighted by Crippen LogP contribution is 2.20. The monoisotopic (exact) mass is 224 g/mol. The fraction of sp³-hybridized carbons (Fsp3) is 0.500. The number of nitrogens with one attached hydrogen (secondary N) is 1. The molecule has 0 saturated carbocycles. The zero-order chi connectivity index (χ0) is 12.3. The summed E-state index contributed by atoms with van der Waals surface area (Å²) in [6.07, 6.45) is 1.25. The van der Waals surface area contributed by atoms with Crippen LogP contribution in [0.1, 0.15) is 19.4 Å². The molecule has 0 unspecified atom stereocenters. The number of nitro groups is 1. The van der Waals surface area contributed by atoms with Crippen molar-refractivity contribution in [1.82, 2.24) is 4.98 Å². The first-order valence-corrected chi connectivity index (χ1v) is 4.95. The number of anilines is 1. The fourth-order valence-electron chi connectivity index (χ4n) is 1.21. The van der Waals surface area contributed by atoms with Crippen LogP contribution in [0.2, 0.25) is 0 Å². The van der Waals surface area contributed by atoms with E-state index in [1.54, 1.807) is 13.0 Å². The van der Waals surface area contributed by atoms with E-state index < -0.39 is 4.92 Å². The first-order chi connectivity index (χ1) is 7.35. The van der Waals surface area contributed by atoms with E-state index in [0.29, 0.717) is 17.9 Å². The maximum Gasteiger partial charge on any atom is 0.290 e. The Kier molecular flexibility index (Phi) is 3.44. The van der Waals surface area contributed by atoms with Gasteiger partial charge in [0.25, 0.3) is 5.69 Å². The topological polar surface area (TPSA) is 94.1 Å². The first-order valence-electron chi connectivity index (χ1n) is 4.95. The summed E-state index contributed by atoms with van der Waals surface area (Å²) in [6.45, 7) is 6.00. The van der Waals surface area contributed by atoms with Gasteiger partial charge in [-0.05, 0) is 26.8 Å². The van der Waals surface area contributed by atoms with Gasteiger partial charge in [-0.2, -0.15) is 0 Å². The summed E-state index contributed by atoms with van der Waals surface area (Å²) in [5.74, 6) is 0.596. The van der Waals surface area contributed by atoms with Crippen molar-refractivity contribution in [2.75, 3.05) is 11.9 Å². The van der Waals surface area contributed by atoms with Gasteiger partial charge in [0.1, 0.15) is 12.0 Å². The van der Waals surface area contributed by atoms with Gasteiger partial charge >= 0.3 is 0 Å². The van der Waals surface area contributed by atoms with Crippen LogP contribution >= 0.6 is 0 Å². The Hall–Kier alpha value is -1.69. The smallest absolute Gasteiger partial charge is 0.290 e. The van der Waals surface area contributed by atoms with E-state index in [9.17, 15) is 10.1 Å². The Morgan fingerprint density at radius 2 is 2.25 bits per heavy atom. The number of hydrogen-bond acceptors (Lipinski definition) is 5. The second-order valence-corrected chi connectivity index (χ2v) is 4.33. The van der Waals surface area contributed by atoms with E-state index in [1.807, 2.05) is 13.8 Å². The van der Waals surface area contributed by atoms with Gasteiger partial charge in [-0.3, -0.25) is 10.1 Å². The van der Waals surface area contributed by atoms with E-state index in [2.05, 4.69) is 10.3 Å². The molecule has 0 aliphatic carbocycles. The molecule has 1 heterocycles. The van der Waals surface area contributed by atoms with Crippen LogP contribution in [-0.2, 0) is 0 Å². The van der Waals surface area contributed by atoms with Crippen LogP contribution in [0.5, 0.6) is 0 Å². The number of aryl methyl sites for hydroxylation is 1. The lowest BCUT2D eigenvalue weighted by molar-refractivity contribution is -0.385. The minimum atomic E-state index is -0.444. The molecule has 88 valence electrons. The molecule has 0 aromatic carbocycles. The zero-order valence-corrected chi connectivity index (χ0v) is 9.65. The summed E-state index contributed by atoms with van der Waals surface area (Å²) in [6, 6.07) is 1.65. The highest BCUT2D eigenvalue weighted by Gasteiger charge is 2.17. The molecule has 0 amide bonds. The molecule has 0 fully saturated rings. The quantitative estimate of drug-likeness (QED) is 0.596. The molecule has 0 bridgehead atoms. The minimum Gasteiger partial charge on any atom is -0.364 e. The van der Waals surface area contributed by atoms with Crippen molar-refractivity contribution in [3.63, 3.8) is 0 Å². The van der Waals surface area contributed by atoms with Crippen molar-refractivity contribution < 1.29 is 4.92 Å². The number of nitrogens with zero attached hydrogens (tertiary/aromatic N) is 2. The van der Waals surface area contributed by atoms with Crippen molar-refractivity contribution >= 4 is 11.5 Å². The number of rotatable bonds is 4. The summed E-state index contributed by atoms with van der Waals surface area (Å²) < 4.78 is 0. The van der Waals surface area contributed by atoms with Gasteiger partial charge in [0.05, 0.1) is 4.92 Å². The van der Waals surface area contributed by atoms with E-state index in [1.165, 1.54) is 6.20 Å². The Morgan fingerprint density at radius 3 is 2.69 bits per heavy atom. The third-order valence-electron chi connectivity index (χ3n) is 2.26. The maximum absolute atomic E-state index is 10.6. The molecule has 6 heteroatoms. The molecule has 0 saturated heterocycles. The zero-order valence-electron chi connectivity index (χ0n) is 9.65. The van der Waals surface area contributed by atoms with Gasteiger partial charge < -0.3 is 11.1 Å². The summed E-state index contributed by atoms with van der Waals surface area (Å²) in [4.78, 5) is 14.1. The fourth-order valence-corrected chi connectivity index (χ4v) is 1.21.